The van der Waals surface area contributed by atoms with E-state index in [9.17, 15) is 4.79 Å². The molecule has 6 nitrogen and oxygen atoms in total. The van der Waals surface area contributed by atoms with Crippen molar-refractivity contribution in [3.63, 3.8) is 0 Å². The third-order valence-corrected chi connectivity index (χ3v) is 2.98. The van der Waals surface area contributed by atoms with Crippen LogP contribution in [0.25, 0.3) is 0 Å². The van der Waals surface area contributed by atoms with Gasteiger partial charge < -0.3 is 25.3 Å². The standard InChI is InChI=1S/C14H21ClN2O4/c1-9(7-19-2)17-13(18)8-21-14-11(15)4-10(6-16)5-12(14)20-3/h4-5,9H,6-8,16H2,1-3H3,(H,17,18). The zero-order chi connectivity index (χ0) is 15.8. The Balaban J connectivity index is 2.68. The molecule has 1 atom stereocenters. The number of amides is 1. The largest absolute Gasteiger partial charge is 0.493 e. The second-order valence-electron chi connectivity index (χ2n) is 4.53. The van der Waals surface area contributed by atoms with Crippen molar-refractivity contribution in [1.29, 1.82) is 0 Å². The van der Waals surface area contributed by atoms with Crippen LogP contribution < -0.4 is 20.5 Å². The van der Waals surface area contributed by atoms with Crippen LogP contribution in [0, 0.1) is 0 Å². The van der Waals surface area contributed by atoms with Gasteiger partial charge >= 0.3 is 0 Å². The van der Waals surface area contributed by atoms with Crippen molar-refractivity contribution >= 4 is 17.5 Å². The van der Waals surface area contributed by atoms with E-state index in [1.165, 1.54) is 7.11 Å². The molecule has 7 heteroatoms. The van der Waals surface area contributed by atoms with E-state index in [0.29, 0.717) is 29.7 Å². The summed E-state index contributed by atoms with van der Waals surface area (Å²) in [6.45, 7) is 2.45. The average Bonchev–Trinajstić information content (AvgIpc) is 2.45. The lowest BCUT2D eigenvalue weighted by molar-refractivity contribution is -0.124. The molecule has 0 bridgehead atoms. The Kier molecular flexibility index (Phi) is 7.28. The molecule has 0 aliphatic heterocycles. The van der Waals surface area contributed by atoms with Gasteiger partial charge in [-0.05, 0) is 24.6 Å². The first-order valence-electron chi connectivity index (χ1n) is 6.49. The highest BCUT2D eigenvalue weighted by molar-refractivity contribution is 6.32. The fraction of sp³-hybridized carbons (Fsp3) is 0.500. The summed E-state index contributed by atoms with van der Waals surface area (Å²) >= 11 is 6.12. The molecule has 3 N–H and O–H groups in total. The van der Waals surface area contributed by atoms with E-state index < -0.39 is 0 Å². The van der Waals surface area contributed by atoms with Crippen molar-refractivity contribution in [2.75, 3.05) is 27.4 Å². The van der Waals surface area contributed by atoms with Gasteiger partial charge in [-0.1, -0.05) is 11.6 Å². The summed E-state index contributed by atoms with van der Waals surface area (Å²) in [5.74, 6) is 0.507. The molecule has 0 saturated carbocycles. The Bertz CT molecular complexity index is 482. The Labute approximate surface area is 129 Å². The lowest BCUT2D eigenvalue weighted by Gasteiger charge is -2.15. The number of benzene rings is 1. The van der Waals surface area contributed by atoms with Crippen LogP contribution in [0.15, 0.2) is 12.1 Å². The fourth-order valence-corrected chi connectivity index (χ4v) is 2.06. The second kappa shape index (κ2) is 8.71. The van der Waals surface area contributed by atoms with Gasteiger partial charge in [0.15, 0.2) is 18.1 Å². The van der Waals surface area contributed by atoms with Crippen molar-refractivity contribution in [3.05, 3.63) is 22.7 Å². The summed E-state index contributed by atoms with van der Waals surface area (Å²) < 4.78 is 15.6. The molecule has 0 aliphatic carbocycles. The van der Waals surface area contributed by atoms with Crippen LogP contribution in [-0.4, -0.2) is 39.4 Å². The molecule has 118 valence electrons. The lowest BCUT2D eigenvalue weighted by Crippen LogP contribution is -2.38. The van der Waals surface area contributed by atoms with Gasteiger partial charge in [0, 0.05) is 19.7 Å². The Morgan fingerprint density at radius 1 is 1.43 bits per heavy atom. The van der Waals surface area contributed by atoms with Crippen LogP contribution >= 0.6 is 11.6 Å². The number of hydrogen-bond donors (Lipinski definition) is 2. The van der Waals surface area contributed by atoms with Crippen LogP contribution in [0.4, 0.5) is 0 Å². The van der Waals surface area contributed by atoms with Gasteiger partial charge in [-0.15, -0.1) is 0 Å². The topological polar surface area (TPSA) is 82.8 Å². The molecule has 0 spiro atoms. The highest BCUT2D eigenvalue weighted by atomic mass is 35.5. The van der Waals surface area contributed by atoms with E-state index in [0.717, 1.165) is 5.56 Å². The molecule has 1 aromatic carbocycles. The average molecular weight is 317 g/mol. The van der Waals surface area contributed by atoms with Crippen LogP contribution in [0.5, 0.6) is 11.5 Å². The molecule has 1 aromatic rings. The minimum Gasteiger partial charge on any atom is -0.493 e. The Hall–Kier alpha value is -1.50. The summed E-state index contributed by atoms with van der Waals surface area (Å²) in [7, 11) is 3.07. The van der Waals surface area contributed by atoms with Crippen LogP contribution in [0.2, 0.25) is 5.02 Å². The minimum absolute atomic E-state index is 0.0944. The summed E-state index contributed by atoms with van der Waals surface area (Å²) in [6, 6.07) is 3.32. The van der Waals surface area contributed by atoms with Gasteiger partial charge in [0.1, 0.15) is 0 Å². The van der Waals surface area contributed by atoms with E-state index in [1.807, 2.05) is 6.92 Å². The fourth-order valence-electron chi connectivity index (χ4n) is 1.78. The van der Waals surface area contributed by atoms with E-state index in [4.69, 9.17) is 31.5 Å². The molecule has 0 radical (unpaired) electrons. The van der Waals surface area contributed by atoms with E-state index in [2.05, 4.69) is 5.32 Å². The van der Waals surface area contributed by atoms with Crippen molar-refractivity contribution < 1.29 is 19.0 Å². The first kappa shape index (κ1) is 17.6. The van der Waals surface area contributed by atoms with Crippen molar-refractivity contribution in [1.82, 2.24) is 5.32 Å². The first-order valence-corrected chi connectivity index (χ1v) is 6.87. The second-order valence-corrected chi connectivity index (χ2v) is 4.93. The molecule has 0 heterocycles. The summed E-state index contributed by atoms with van der Waals surface area (Å²) in [5.41, 5.74) is 6.39. The minimum atomic E-state index is -0.263. The molecular weight excluding hydrogens is 296 g/mol. The summed E-state index contributed by atoms with van der Waals surface area (Å²) in [4.78, 5) is 11.7. The number of ether oxygens (including phenoxy) is 3. The maximum atomic E-state index is 11.7. The van der Waals surface area contributed by atoms with Crippen LogP contribution in [0.1, 0.15) is 12.5 Å². The molecule has 0 aromatic heterocycles. The SMILES string of the molecule is COCC(C)NC(=O)COc1c(Cl)cc(CN)cc1OC. The third-order valence-electron chi connectivity index (χ3n) is 2.70. The van der Waals surface area contributed by atoms with Gasteiger partial charge in [-0.2, -0.15) is 0 Å². The number of rotatable bonds is 8. The molecule has 1 unspecified atom stereocenters. The molecule has 0 aliphatic rings. The lowest BCUT2D eigenvalue weighted by atomic mass is 10.2. The number of carbonyl (C=O) groups is 1. The zero-order valence-electron chi connectivity index (χ0n) is 12.4. The molecule has 0 saturated heterocycles. The first-order chi connectivity index (χ1) is 10.0. The highest BCUT2D eigenvalue weighted by Crippen LogP contribution is 2.36. The zero-order valence-corrected chi connectivity index (χ0v) is 13.2. The Morgan fingerprint density at radius 3 is 2.71 bits per heavy atom. The number of nitrogens with one attached hydrogen (secondary N) is 1. The quantitative estimate of drug-likeness (QED) is 0.756. The number of nitrogens with two attached hydrogens (primary N) is 1. The van der Waals surface area contributed by atoms with E-state index in [1.54, 1.807) is 19.2 Å². The predicted molar refractivity (Wildman–Crippen MR) is 80.9 cm³/mol. The monoisotopic (exact) mass is 316 g/mol. The van der Waals surface area contributed by atoms with Gasteiger partial charge in [0.05, 0.1) is 18.7 Å². The number of hydrogen-bond acceptors (Lipinski definition) is 5. The van der Waals surface area contributed by atoms with Crippen LogP contribution in [0.3, 0.4) is 0 Å². The summed E-state index contributed by atoms with van der Waals surface area (Å²) in [5, 5.41) is 3.09. The smallest absolute Gasteiger partial charge is 0.258 e. The van der Waals surface area contributed by atoms with E-state index in [-0.39, 0.29) is 18.6 Å². The van der Waals surface area contributed by atoms with Crippen LogP contribution in [-0.2, 0) is 16.1 Å². The van der Waals surface area contributed by atoms with Crippen molar-refractivity contribution in [3.8, 4) is 11.5 Å². The Morgan fingerprint density at radius 2 is 2.14 bits per heavy atom. The van der Waals surface area contributed by atoms with Gasteiger partial charge in [0.25, 0.3) is 5.91 Å². The van der Waals surface area contributed by atoms with E-state index >= 15 is 0 Å². The maximum absolute atomic E-state index is 11.7. The highest BCUT2D eigenvalue weighted by Gasteiger charge is 2.14. The molecular formula is C14H21ClN2O4. The van der Waals surface area contributed by atoms with Gasteiger partial charge in [-0.3, -0.25) is 4.79 Å². The summed E-state index contributed by atoms with van der Waals surface area (Å²) in [6.07, 6.45) is 0. The van der Waals surface area contributed by atoms with Crippen molar-refractivity contribution in [2.24, 2.45) is 5.73 Å². The number of methoxy groups -OCH3 is 2. The molecule has 1 amide bonds. The van der Waals surface area contributed by atoms with Gasteiger partial charge in [-0.25, -0.2) is 0 Å². The maximum Gasteiger partial charge on any atom is 0.258 e. The molecule has 1 rings (SSSR count). The van der Waals surface area contributed by atoms with Crippen molar-refractivity contribution in [2.45, 2.75) is 19.5 Å². The number of halogens is 1. The molecule has 21 heavy (non-hydrogen) atoms. The predicted octanol–water partition coefficient (Wildman–Crippen LogP) is 1.34. The number of carbonyl (C=O) groups excluding carboxylic acids is 1. The third kappa shape index (κ3) is 5.41. The molecule has 0 fully saturated rings. The normalized spacial score (nSPS) is 11.9. The van der Waals surface area contributed by atoms with Gasteiger partial charge in [0.2, 0.25) is 0 Å².